The van der Waals surface area contributed by atoms with Gasteiger partial charge in [0.05, 0.1) is 41.1 Å². The van der Waals surface area contributed by atoms with Crippen LogP contribution in [0.3, 0.4) is 0 Å². The Bertz CT molecular complexity index is 1140. The number of halogens is 1. The zero-order chi connectivity index (χ0) is 20.0. The maximum Gasteiger partial charge on any atom is 0.278 e. The van der Waals surface area contributed by atoms with E-state index in [9.17, 15) is 4.79 Å². The fourth-order valence-electron chi connectivity index (χ4n) is 4.06. The van der Waals surface area contributed by atoms with Crippen LogP contribution in [0.2, 0.25) is 5.02 Å². The monoisotopic (exact) mass is 408 g/mol. The standard InChI is InChI=1S/C20H17ClN6O2/c1-2-8-22-10-15-24-19(29-25-15)17-18-14-7-4-9-26(14)20(28)16-12(21)5-3-6-13(16)27(18)11-23-17/h1,3,5-6,11,14,22H,4,7-10H2/t14-/m0/s1. The van der Waals surface area contributed by atoms with Crippen LogP contribution in [0.4, 0.5) is 0 Å². The Labute approximate surface area is 171 Å². The van der Waals surface area contributed by atoms with Crippen molar-refractivity contribution < 1.29 is 9.32 Å². The molecule has 0 aliphatic carbocycles. The molecule has 8 nitrogen and oxygen atoms in total. The van der Waals surface area contributed by atoms with Crippen LogP contribution >= 0.6 is 11.6 Å². The molecule has 4 heterocycles. The molecule has 0 unspecified atom stereocenters. The summed E-state index contributed by atoms with van der Waals surface area (Å²) in [5, 5.41) is 7.47. The molecule has 1 fully saturated rings. The Morgan fingerprint density at radius 2 is 2.31 bits per heavy atom. The van der Waals surface area contributed by atoms with Crippen LogP contribution in [0.1, 0.15) is 40.8 Å². The number of hydrogen-bond donors (Lipinski definition) is 1. The number of amides is 1. The highest BCUT2D eigenvalue weighted by Crippen LogP contribution is 2.43. The second-order valence-corrected chi connectivity index (χ2v) is 7.37. The highest BCUT2D eigenvalue weighted by atomic mass is 35.5. The first kappa shape index (κ1) is 17.9. The summed E-state index contributed by atoms with van der Waals surface area (Å²) >= 11 is 6.41. The summed E-state index contributed by atoms with van der Waals surface area (Å²) in [7, 11) is 0. The zero-order valence-corrected chi connectivity index (χ0v) is 16.2. The van der Waals surface area contributed by atoms with Gasteiger partial charge in [-0.1, -0.05) is 28.7 Å². The number of imidazole rings is 1. The van der Waals surface area contributed by atoms with Gasteiger partial charge in [0.1, 0.15) is 6.33 Å². The molecule has 2 aliphatic rings. The normalized spacial score (nSPS) is 17.4. The number of fused-ring (bicyclic) bond motifs is 5. The number of nitrogens with zero attached hydrogens (tertiary/aromatic N) is 5. The number of carbonyl (C=O) groups excluding carboxylic acids is 1. The number of hydrogen-bond acceptors (Lipinski definition) is 6. The summed E-state index contributed by atoms with van der Waals surface area (Å²) in [6.45, 7) is 1.49. The minimum Gasteiger partial charge on any atom is -0.332 e. The third-order valence-electron chi connectivity index (χ3n) is 5.28. The molecular formula is C20H17ClN6O2. The molecule has 1 atom stereocenters. The van der Waals surface area contributed by atoms with E-state index in [0.717, 1.165) is 18.5 Å². The van der Waals surface area contributed by atoms with Gasteiger partial charge in [-0.05, 0) is 25.0 Å². The van der Waals surface area contributed by atoms with Crippen molar-refractivity contribution in [3.8, 4) is 29.6 Å². The molecule has 0 radical (unpaired) electrons. The van der Waals surface area contributed by atoms with Gasteiger partial charge in [0.2, 0.25) is 0 Å². The van der Waals surface area contributed by atoms with Crippen molar-refractivity contribution in [2.24, 2.45) is 0 Å². The maximum atomic E-state index is 13.2. The highest BCUT2D eigenvalue weighted by Gasteiger charge is 2.40. The first-order chi connectivity index (χ1) is 14.2. The van der Waals surface area contributed by atoms with Crippen molar-refractivity contribution in [2.45, 2.75) is 25.4 Å². The highest BCUT2D eigenvalue weighted by molar-refractivity contribution is 6.34. The van der Waals surface area contributed by atoms with E-state index < -0.39 is 0 Å². The van der Waals surface area contributed by atoms with Crippen molar-refractivity contribution in [2.75, 3.05) is 13.1 Å². The lowest BCUT2D eigenvalue weighted by Gasteiger charge is -2.22. The van der Waals surface area contributed by atoms with E-state index in [1.807, 2.05) is 21.6 Å². The zero-order valence-electron chi connectivity index (χ0n) is 15.4. The van der Waals surface area contributed by atoms with Gasteiger partial charge < -0.3 is 9.42 Å². The van der Waals surface area contributed by atoms with E-state index in [-0.39, 0.29) is 11.9 Å². The fraction of sp³-hybridized carbons (Fsp3) is 0.300. The number of aromatic nitrogens is 4. The summed E-state index contributed by atoms with van der Waals surface area (Å²) < 4.78 is 7.40. The van der Waals surface area contributed by atoms with Gasteiger partial charge in [0.15, 0.2) is 11.5 Å². The van der Waals surface area contributed by atoms with E-state index in [2.05, 4.69) is 26.4 Å². The third kappa shape index (κ3) is 2.82. The number of benzene rings is 1. The van der Waals surface area contributed by atoms with Gasteiger partial charge >= 0.3 is 0 Å². The molecule has 1 saturated heterocycles. The Morgan fingerprint density at radius 1 is 1.41 bits per heavy atom. The van der Waals surface area contributed by atoms with Crippen molar-refractivity contribution in [1.82, 2.24) is 29.9 Å². The minimum atomic E-state index is -0.126. The Kier molecular flexibility index (Phi) is 4.34. The molecule has 2 aliphatic heterocycles. The smallest absolute Gasteiger partial charge is 0.278 e. The Hall–Kier alpha value is -3.15. The van der Waals surface area contributed by atoms with Crippen molar-refractivity contribution in [3.05, 3.63) is 46.6 Å². The first-order valence-corrected chi connectivity index (χ1v) is 9.71. The molecule has 1 amide bonds. The predicted molar refractivity (Wildman–Crippen MR) is 105 cm³/mol. The molecule has 2 aromatic heterocycles. The van der Waals surface area contributed by atoms with Gasteiger partial charge in [-0.2, -0.15) is 4.98 Å². The Balaban J connectivity index is 1.63. The summed E-state index contributed by atoms with van der Waals surface area (Å²) in [6.07, 6.45) is 8.68. The molecule has 9 heteroatoms. The molecule has 0 saturated carbocycles. The minimum absolute atomic E-state index is 0.0625. The molecule has 29 heavy (non-hydrogen) atoms. The van der Waals surface area contributed by atoms with Crippen molar-refractivity contribution in [1.29, 1.82) is 0 Å². The molecule has 5 rings (SSSR count). The van der Waals surface area contributed by atoms with Crippen LogP contribution in [0.5, 0.6) is 0 Å². The van der Waals surface area contributed by atoms with Crippen molar-refractivity contribution in [3.63, 3.8) is 0 Å². The lowest BCUT2D eigenvalue weighted by Crippen LogP contribution is -2.29. The van der Waals surface area contributed by atoms with Gasteiger partial charge in [-0.15, -0.1) is 6.42 Å². The summed E-state index contributed by atoms with van der Waals surface area (Å²) in [5.74, 6) is 3.25. The largest absolute Gasteiger partial charge is 0.332 e. The fourth-order valence-corrected chi connectivity index (χ4v) is 4.31. The van der Waals surface area contributed by atoms with E-state index in [0.29, 0.717) is 53.3 Å². The van der Waals surface area contributed by atoms with E-state index in [1.54, 1.807) is 12.4 Å². The van der Waals surface area contributed by atoms with Crippen LogP contribution in [0.25, 0.3) is 17.3 Å². The number of rotatable bonds is 4. The second kappa shape index (κ2) is 7.03. The predicted octanol–water partition coefficient (Wildman–Crippen LogP) is 2.59. The number of nitrogens with one attached hydrogen (secondary N) is 1. The summed E-state index contributed by atoms with van der Waals surface area (Å²) in [6, 6.07) is 5.31. The quantitative estimate of drug-likeness (QED) is 0.527. The molecular weight excluding hydrogens is 392 g/mol. The molecule has 1 aromatic carbocycles. The van der Waals surface area contributed by atoms with Gasteiger partial charge in [-0.25, -0.2) is 4.98 Å². The maximum absolute atomic E-state index is 13.2. The summed E-state index contributed by atoms with van der Waals surface area (Å²) in [5.41, 5.74) is 2.65. The number of terminal acetylenes is 1. The van der Waals surface area contributed by atoms with Crippen LogP contribution in [0.15, 0.2) is 29.0 Å². The van der Waals surface area contributed by atoms with Crippen molar-refractivity contribution >= 4 is 17.5 Å². The second-order valence-electron chi connectivity index (χ2n) is 6.96. The lowest BCUT2D eigenvalue weighted by molar-refractivity contribution is 0.0739. The lowest BCUT2D eigenvalue weighted by atomic mass is 10.1. The molecule has 3 aromatic rings. The van der Waals surface area contributed by atoms with Gasteiger partial charge in [0, 0.05) is 6.54 Å². The third-order valence-corrected chi connectivity index (χ3v) is 5.59. The molecule has 146 valence electrons. The molecule has 0 spiro atoms. The van der Waals surface area contributed by atoms with Crippen LogP contribution < -0.4 is 5.32 Å². The van der Waals surface area contributed by atoms with E-state index in [1.165, 1.54) is 0 Å². The molecule has 1 N–H and O–H groups in total. The number of carbonyl (C=O) groups is 1. The SMILES string of the molecule is C#CCNCc1noc(-c2ncn3c2[C@@H]2CCCN2C(=O)c2c(Cl)cccc2-3)n1. The van der Waals surface area contributed by atoms with Gasteiger partial charge in [-0.3, -0.25) is 14.7 Å². The Morgan fingerprint density at radius 3 is 3.17 bits per heavy atom. The van der Waals surface area contributed by atoms with E-state index >= 15 is 0 Å². The van der Waals surface area contributed by atoms with Crippen LogP contribution in [-0.2, 0) is 6.54 Å². The average molecular weight is 409 g/mol. The van der Waals surface area contributed by atoms with Gasteiger partial charge in [0.25, 0.3) is 11.8 Å². The average Bonchev–Trinajstić information content (AvgIpc) is 3.44. The van der Waals surface area contributed by atoms with Crippen LogP contribution in [0, 0.1) is 12.3 Å². The first-order valence-electron chi connectivity index (χ1n) is 9.33. The van der Waals surface area contributed by atoms with E-state index in [4.69, 9.17) is 22.5 Å². The summed E-state index contributed by atoms with van der Waals surface area (Å²) in [4.78, 5) is 24.1. The topological polar surface area (TPSA) is 89.1 Å². The van der Waals surface area contributed by atoms with Crippen LogP contribution in [-0.4, -0.2) is 43.6 Å². The molecule has 0 bridgehead atoms.